The molecule has 2 fully saturated rings. The predicted molar refractivity (Wildman–Crippen MR) is 251 cm³/mol. The molecule has 0 radical (unpaired) electrons. The summed E-state index contributed by atoms with van der Waals surface area (Å²) in [5.41, 5.74) is 7.23. The van der Waals surface area contributed by atoms with Crippen molar-refractivity contribution in [1.29, 1.82) is 0 Å². The highest BCUT2D eigenvalue weighted by molar-refractivity contribution is 6.31. The van der Waals surface area contributed by atoms with Gasteiger partial charge in [0, 0.05) is 145 Å². The summed E-state index contributed by atoms with van der Waals surface area (Å²) in [6.45, 7) is 5.40. The van der Waals surface area contributed by atoms with Crippen LogP contribution in [-0.2, 0) is 22.4 Å². The van der Waals surface area contributed by atoms with E-state index in [4.69, 9.17) is 32.7 Å². The Hall–Kier alpha value is -7.30. The highest BCUT2D eigenvalue weighted by Crippen LogP contribution is 2.45. The van der Waals surface area contributed by atoms with Gasteiger partial charge in [-0.2, -0.15) is 0 Å². The zero-order valence-corrected chi connectivity index (χ0v) is 37.0. The van der Waals surface area contributed by atoms with Gasteiger partial charge < -0.3 is 39.0 Å². The lowest BCUT2D eigenvalue weighted by atomic mass is 9.99. The van der Waals surface area contributed by atoms with Crippen LogP contribution in [0.4, 0.5) is 11.6 Å². The Kier molecular flexibility index (Phi) is 11.0. The summed E-state index contributed by atoms with van der Waals surface area (Å²) in [4.78, 5) is 66.3. The SMILES string of the molecule is O=C([C@@H]1Cc2cc(Cl)cc(-c3ccnc4[nH]ccc34)c2O1)N1CCN(c2ccncn2)CC1.O=C([C@H]1Cc2cc(Cl)cc(-c3ccnc4[nH]ccc34)c2O1)N1CCN(c2ccncn2)CC1. The number of fused-ring (bicyclic) bond motifs is 4. The molecule has 12 rings (SSSR count). The number of nitrogens with zero attached hydrogens (tertiary/aromatic N) is 10. The smallest absolute Gasteiger partial charge is 0.264 e. The maximum absolute atomic E-state index is 13.3. The van der Waals surface area contributed by atoms with Crippen LogP contribution in [-0.4, -0.2) is 126 Å². The Balaban J connectivity index is 0.000000146. The molecular weight excluding hydrogens is 880 g/mol. The molecule has 2 atom stereocenters. The van der Waals surface area contributed by atoms with Crippen molar-refractivity contribution >= 4 is 68.7 Å². The van der Waals surface area contributed by atoms with Gasteiger partial charge in [0.1, 0.15) is 47.1 Å². The standard InChI is InChI=1S/2C24H21ClN6O2/c2*25-16-11-15-12-20(24(32)31-9-7-30(8-10-31)21-3-4-26-14-29-21)33-22(15)19(13-16)17-1-5-27-23-18(17)2-6-28-23/h2*1-6,11,13-14,20H,7-10,12H2,(H,27,28)/t2*20-/m10/s1. The minimum atomic E-state index is -0.550. The number of H-pyrrole nitrogens is 2. The number of hydrogen-bond acceptors (Lipinski definition) is 12. The number of rotatable bonds is 6. The summed E-state index contributed by atoms with van der Waals surface area (Å²) >= 11 is 12.9. The van der Waals surface area contributed by atoms with Crippen LogP contribution in [0.5, 0.6) is 11.5 Å². The lowest BCUT2D eigenvalue weighted by Gasteiger charge is -2.36. The number of hydrogen-bond donors (Lipinski definition) is 2. The van der Waals surface area contributed by atoms with E-state index in [0.29, 0.717) is 49.1 Å². The van der Waals surface area contributed by atoms with Crippen LogP contribution >= 0.6 is 23.2 Å². The van der Waals surface area contributed by atoms with Crippen molar-refractivity contribution < 1.29 is 19.1 Å². The second-order valence-corrected chi connectivity index (χ2v) is 17.3. The Morgan fingerprint density at radius 3 is 1.38 bits per heavy atom. The Morgan fingerprint density at radius 2 is 0.970 bits per heavy atom. The van der Waals surface area contributed by atoms with E-state index in [9.17, 15) is 9.59 Å². The number of anilines is 2. The third-order valence-electron chi connectivity index (χ3n) is 12.6. The van der Waals surface area contributed by atoms with Gasteiger partial charge in [-0.15, -0.1) is 0 Å². The molecule has 0 aliphatic carbocycles. The van der Waals surface area contributed by atoms with E-state index in [2.05, 4.69) is 49.7 Å². The van der Waals surface area contributed by atoms with E-state index in [1.165, 1.54) is 0 Å². The van der Waals surface area contributed by atoms with Crippen molar-refractivity contribution in [2.45, 2.75) is 25.0 Å². The number of benzene rings is 2. The van der Waals surface area contributed by atoms with Crippen molar-refractivity contribution in [2.75, 3.05) is 62.2 Å². The lowest BCUT2D eigenvalue weighted by molar-refractivity contribution is -0.138. The van der Waals surface area contributed by atoms with E-state index in [1.54, 1.807) is 37.4 Å². The van der Waals surface area contributed by atoms with Gasteiger partial charge in [0.15, 0.2) is 12.2 Å². The first-order valence-corrected chi connectivity index (χ1v) is 22.5. The van der Waals surface area contributed by atoms with Crippen molar-refractivity contribution in [3.63, 3.8) is 0 Å². The number of halogens is 2. The molecule has 2 amide bonds. The zero-order valence-electron chi connectivity index (χ0n) is 35.5. The molecule has 8 aromatic rings. The van der Waals surface area contributed by atoms with Crippen molar-refractivity contribution in [3.05, 3.63) is 132 Å². The Morgan fingerprint density at radius 1 is 0.530 bits per heavy atom. The van der Waals surface area contributed by atoms with E-state index in [1.807, 2.05) is 82.9 Å². The highest BCUT2D eigenvalue weighted by atomic mass is 35.5. The second kappa shape index (κ2) is 17.6. The molecule has 4 aliphatic rings. The molecule has 16 nitrogen and oxygen atoms in total. The number of aromatic nitrogens is 8. The minimum absolute atomic E-state index is 0.0112. The van der Waals surface area contributed by atoms with Gasteiger partial charge in [0.25, 0.3) is 11.8 Å². The molecule has 18 heteroatoms. The molecule has 6 aromatic heterocycles. The maximum Gasteiger partial charge on any atom is 0.264 e. The first kappa shape index (κ1) is 41.4. The molecule has 10 heterocycles. The van der Waals surface area contributed by atoms with E-state index in [-0.39, 0.29) is 11.8 Å². The monoisotopic (exact) mass is 920 g/mol. The largest absolute Gasteiger partial charge is 0.479 e. The molecular formula is C48H42Cl2N12O4. The number of nitrogens with one attached hydrogen (secondary N) is 2. The number of ether oxygens (including phenoxy) is 2. The van der Waals surface area contributed by atoms with E-state index >= 15 is 0 Å². The average Bonchev–Trinajstić information content (AvgIpc) is 4.21. The van der Waals surface area contributed by atoms with Crippen LogP contribution in [0.1, 0.15) is 11.1 Å². The summed E-state index contributed by atoms with van der Waals surface area (Å²) < 4.78 is 12.6. The van der Waals surface area contributed by atoms with Crippen LogP contribution in [0.3, 0.4) is 0 Å². The van der Waals surface area contributed by atoms with E-state index < -0.39 is 12.2 Å². The second-order valence-electron chi connectivity index (χ2n) is 16.5. The molecule has 0 spiro atoms. The molecule has 2 saturated heterocycles. The number of carbonyl (C=O) groups is 2. The number of piperazine rings is 2. The molecule has 4 aliphatic heterocycles. The molecule has 66 heavy (non-hydrogen) atoms. The molecule has 2 N–H and O–H groups in total. The Bertz CT molecular complexity index is 2870. The van der Waals surface area contributed by atoms with Gasteiger partial charge in [0.05, 0.1) is 0 Å². The first-order chi connectivity index (χ1) is 32.3. The quantitative estimate of drug-likeness (QED) is 0.182. The summed E-state index contributed by atoms with van der Waals surface area (Å²) in [5, 5.41) is 3.22. The normalized spacial score (nSPS) is 17.8. The summed E-state index contributed by atoms with van der Waals surface area (Å²) in [5.74, 6) is 3.25. The topological polar surface area (TPSA) is 174 Å². The van der Waals surface area contributed by atoms with Gasteiger partial charge in [-0.1, -0.05) is 23.2 Å². The summed E-state index contributed by atoms with van der Waals surface area (Å²) in [6.07, 6.45) is 13.7. The van der Waals surface area contributed by atoms with Crippen molar-refractivity contribution in [1.82, 2.24) is 49.7 Å². The van der Waals surface area contributed by atoms with Gasteiger partial charge >= 0.3 is 0 Å². The Labute approximate surface area is 388 Å². The fourth-order valence-corrected chi connectivity index (χ4v) is 9.86. The van der Waals surface area contributed by atoms with Gasteiger partial charge in [-0.05, 0) is 71.8 Å². The number of pyridine rings is 2. The van der Waals surface area contributed by atoms with Gasteiger partial charge in [0.2, 0.25) is 0 Å². The van der Waals surface area contributed by atoms with Gasteiger partial charge in [-0.25, -0.2) is 29.9 Å². The van der Waals surface area contributed by atoms with Gasteiger partial charge in [-0.3, -0.25) is 9.59 Å². The molecule has 0 unspecified atom stereocenters. The summed E-state index contributed by atoms with van der Waals surface area (Å²) in [6, 6.07) is 19.2. The maximum atomic E-state index is 13.3. The molecule has 2 aromatic carbocycles. The third-order valence-corrected chi connectivity index (χ3v) is 13.0. The fourth-order valence-electron chi connectivity index (χ4n) is 9.38. The highest BCUT2D eigenvalue weighted by Gasteiger charge is 2.37. The minimum Gasteiger partial charge on any atom is -0.479 e. The summed E-state index contributed by atoms with van der Waals surface area (Å²) in [7, 11) is 0. The predicted octanol–water partition coefficient (Wildman–Crippen LogP) is 6.65. The molecule has 0 bridgehead atoms. The van der Waals surface area contributed by atoms with Crippen LogP contribution in [0.2, 0.25) is 10.0 Å². The number of aromatic amines is 2. The fraction of sp³-hybridized carbons (Fsp3) is 0.250. The van der Waals surface area contributed by atoms with Crippen LogP contribution in [0, 0.1) is 0 Å². The molecule has 0 saturated carbocycles. The van der Waals surface area contributed by atoms with E-state index in [0.717, 1.165) is 105 Å². The van der Waals surface area contributed by atoms with Crippen LogP contribution in [0.25, 0.3) is 44.3 Å². The number of amides is 2. The van der Waals surface area contributed by atoms with Crippen LogP contribution < -0.4 is 19.3 Å². The third kappa shape index (κ3) is 7.96. The lowest BCUT2D eigenvalue weighted by Crippen LogP contribution is -2.52. The van der Waals surface area contributed by atoms with Crippen molar-refractivity contribution in [2.24, 2.45) is 0 Å². The average molecular weight is 922 g/mol. The number of carbonyl (C=O) groups excluding carboxylic acids is 2. The van der Waals surface area contributed by atoms with Crippen molar-refractivity contribution in [3.8, 4) is 33.8 Å². The molecule has 332 valence electrons. The first-order valence-electron chi connectivity index (χ1n) is 21.8. The zero-order chi connectivity index (χ0) is 44.7. The van der Waals surface area contributed by atoms with Crippen LogP contribution in [0.15, 0.2) is 110 Å².